The van der Waals surface area contributed by atoms with Gasteiger partial charge in [-0.3, -0.25) is 9.59 Å². The van der Waals surface area contributed by atoms with E-state index >= 15 is 0 Å². The highest BCUT2D eigenvalue weighted by atomic mass is 32.1. The van der Waals surface area contributed by atoms with Crippen molar-refractivity contribution < 1.29 is 9.59 Å². The average molecular weight is 342 g/mol. The molecule has 5 heteroatoms. The molecule has 1 aromatic carbocycles. The Bertz CT molecular complexity index is 745. The maximum atomic E-state index is 12.4. The molecule has 126 valence electrons. The molecule has 0 aliphatic heterocycles. The first-order valence-electron chi connectivity index (χ1n) is 8.38. The first-order chi connectivity index (χ1) is 11.6. The lowest BCUT2D eigenvalue weighted by Gasteiger charge is -2.06. The van der Waals surface area contributed by atoms with Gasteiger partial charge in [0.05, 0.1) is 4.88 Å². The maximum absolute atomic E-state index is 12.4. The van der Waals surface area contributed by atoms with E-state index in [0.717, 1.165) is 30.6 Å². The molecule has 0 unspecified atom stereocenters. The molecule has 0 saturated heterocycles. The van der Waals surface area contributed by atoms with E-state index in [4.69, 9.17) is 0 Å². The molecule has 2 amide bonds. The average Bonchev–Trinajstić information content (AvgIpc) is 3.30. The van der Waals surface area contributed by atoms with Crippen LogP contribution in [-0.4, -0.2) is 17.9 Å². The third-order valence-corrected chi connectivity index (χ3v) is 5.17. The number of carbonyl (C=O) groups is 2. The van der Waals surface area contributed by atoms with E-state index in [1.807, 2.05) is 6.07 Å². The summed E-state index contributed by atoms with van der Waals surface area (Å²) in [4.78, 5) is 26.3. The van der Waals surface area contributed by atoms with Gasteiger partial charge >= 0.3 is 0 Å². The number of rotatable bonds is 6. The second kappa shape index (κ2) is 7.18. The van der Waals surface area contributed by atoms with E-state index < -0.39 is 0 Å². The summed E-state index contributed by atoms with van der Waals surface area (Å²) in [6.45, 7) is 4.19. The first kappa shape index (κ1) is 16.7. The maximum Gasteiger partial charge on any atom is 0.265 e. The summed E-state index contributed by atoms with van der Waals surface area (Å²) in [5.41, 5.74) is 2.57. The van der Waals surface area contributed by atoms with Crippen LogP contribution in [0.1, 0.15) is 56.7 Å². The van der Waals surface area contributed by atoms with E-state index in [9.17, 15) is 9.59 Å². The van der Waals surface area contributed by atoms with Crippen molar-refractivity contribution in [1.29, 1.82) is 0 Å². The predicted octanol–water partition coefficient (Wildman–Crippen LogP) is 4.15. The Morgan fingerprint density at radius 1 is 1.17 bits per heavy atom. The second-order valence-corrected chi connectivity index (χ2v) is 7.48. The van der Waals surface area contributed by atoms with Crippen LogP contribution in [-0.2, 0) is 6.42 Å². The monoisotopic (exact) mass is 342 g/mol. The Labute approximate surface area is 146 Å². The van der Waals surface area contributed by atoms with E-state index in [1.165, 1.54) is 21.8 Å². The van der Waals surface area contributed by atoms with Crippen LogP contribution in [0.2, 0.25) is 0 Å². The zero-order valence-corrected chi connectivity index (χ0v) is 14.8. The zero-order valence-electron chi connectivity index (χ0n) is 14.0. The van der Waals surface area contributed by atoms with Gasteiger partial charge in [0.1, 0.15) is 0 Å². The molecule has 1 saturated carbocycles. The fourth-order valence-electron chi connectivity index (χ4n) is 2.54. The number of thiophene rings is 1. The second-order valence-electron chi connectivity index (χ2n) is 6.22. The number of benzene rings is 1. The van der Waals surface area contributed by atoms with E-state index in [1.54, 1.807) is 24.3 Å². The molecule has 1 heterocycles. The normalized spacial score (nSPS) is 13.6. The van der Waals surface area contributed by atoms with Gasteiger partial charge in [-0.2, -0.15) is 0 Å². The summed E-state index contributed by atoms with van der Waals surface area (Å²) >= 11 is 1.53. The number of nitrogens with one attached hydrogen (secondary N) is 2. The quantitative estimate of drug-likeness (QED) is 0.828. The van der Waals surface area contributed by atoms with Crippen molar-refractivity contribution in [3.63, 3.8) is 0 Å². The molecular formula is C19H22N2O2S. The van der Waals surface area contributed by atoms with Gasteiger partial charge in [-0.25, -0.2) is 0 Å². The summed E-state index contributed by atoms with van der Waals surface area (Å²) in [5.74, 6) is -0.144. The van der Waals surface area contributed by atoms with E-state index in [-0.39, 0.29) is 11.8 Å². The largest absolute Gasteiger partial charge is 0.349 e. The van der Waals surface area contributed by atoms with Gasteiger partial charge in [0.25, 0.3) is 11.8 Å². The molecule has 0 atom stereocenters. The SMILES string of the molecule is CCCc1cc(C(=O)Nc2ccc(C(=O)NC3CC3)cc2)sc1C. The highest BCUT2D eigenvalue weighted by molar-refractivity contribution is 7.14. The third-order valence-electron chi connectivity index (χ3n) is 4.08. The van der Waals surface area contributed by atoms with Crippen LogP contribution in [0, 0.1) is 6.92 Å². The van der Waals surface area contributed by atoms with Crippen LogP contribution in [0.3, 0.4) is 0 Å². The van der Waals surface area contributed by atoms with Crippen molar-refractivity contribution >= 4 is 28.8 Å². The Morgan fingerprint density at radius 2 is 1.88 bits per heavy atom. The lowest BCUT2D eigenvalue weighted by atomic mass is 10.1. The van der Waals surface area contributed by atoms with Crippen molar-refractivity contribution in [2.24, 2.45) is 0 Å². The summed E-state index contributed by atoms with van der Waals surface area (Å²) < 4.78 is 0. The summed E-state index contributed by atoms with van der Waals surface area (Å²) in [6.07, 6.45) is 4.21. The van der Waals surface area contributed by atoms with Gasteiger partial charge in [0, 0.05) is 22.2 Å². The lowest BCUT2D eigenvalue weighted by Crippen LogP contribution is -2.25. The standard InChI is InChI=1S/C19H22N2O2S/c1-3-4-14-11-17(24-12(14)2)19(23)21-15-7-5-13(6-8-15)18(22)20-16-9-10-16/h5-8,11,16H,3-4,9-10H2,1-2H3,(H,20,22)(H,21,23). The number of aryl methyl sites for hydroxylation is 2. The minimum Gasteiger partial charge on any atom is -0.349 e. The van der Waals surface area contributed by atoms with Crippen molar-refractivity contribution in [2.75, 3.05) is 5.32 Å². The number of hydrogen-bond acceptors (Lipinski definition) is 3. The molecule has 1 aliphatic rings. The number of anilines is 1. The van der Waals surface area contributed by atoms with Gasteiger partial charge in [-0.1, -0.05) is 13.3 Å². The molecule has 2 aromatic rings. The Kier molecular flexibility index (Phi) is 5.00. The summed E-state index contributed by atoms with van der Waals surface area (Å²) in [7, 11) is 0. The summed E-state index contributed by atoms with van der Waals surface area (Å²) in [5, 5.41) is 5.85. The minimum atomic E-state index is -0.0966. The fourth-order valence-corrected chi connectivity index (χ4v) is 3.51. The van der Waals surface area contributed by atoms with Crippen molar-refractivity contribution in [3.8, 4) is 0 Å². The molecule has 0 spiro atoms. The van der Waals surface area contributed by atoms with Gasteiger partial charge in [0.15, 0.2) is 0 Å². The molecule has 1 aromatic heterocycles. The van der Waals surface area contributed by atoms with Crippen LogP contribution < -0.4 is 10.6 Å². The zero-order chi connectivity index (χ0) is 17.1. The van der Waals surface area contributed by atoms with Gasteiger partial charge in [0.2, 0.25) is 0 Å². The van der Waals surface area contributed by atoms with Crippen LogP contribution >= 0.6 is 11.3 Å². The highest BCUT2D eigenvalue weighted by Crippen LogP contribution is 2.24. The van der Waals surface area contributed by atoms with Crippen LogP contribution in [0.5, 0.6) is 0 Å². The number of hydrogen-bond donors (Lipinski definition) is 2. The Hall–Kier alpha value is -2.14. The van der Waals surface area contributed by atoms with Crippen LogP contribution in [0.25, 0.3) is 0 Å². The van der Waals surface area contributed by atoms with Crippen molar-refractivity contribution in [1.82, 2.24) is 5.32 Å². The molecule has 1 fully saturated rings. The van der Waals surface area contributed by atoms with E-state index in [0.29, 0.717) is 17.3 Å². The lowest BCUT2D eigenvalue weighted by molar-refractivity contribution is 0.0950. The molecule has 24 heavy (non-hydrogen) atoms. The number of carbonyl (C=O) groups excluding carboxylic acids is 2. The molecule has 1 aliphatic carbocycles. The molecule has 0 radical (unpaired) electrons. The predicted molar refractivity (Wildman–Crippen MR) is 97.9 cm³/mol. The highest BCUT2D eigenvalue weighted by Gasteiger charge is 2.23. The van der Waals surface area contributed by atoms with Gasteiger partial charge < -0.3 is 10.6 Å². The first-order valence-corrected chi connectivity index (χ1v) is 9.20. The van der Waals surface area contributed by atoms with Crippen LogP contribution in [0.15, 0.2) is 30.3 Å². The molecular weight excluding hydrogens is 320 g/mol. The Balaban J connectivity index is 1.63. The minimum absolute atomic E-state index is 0.0477. The van der Waals surface area contributed by atoms with Crippen molar-refractivity contribution in [2.45, 2.75) is 45.6 Å². The number of amides is 2. The molecule has 0 bridgehead atoms. The van der Waals surface area contributed by atoms with Crippen molar-refractivity contribution in [3.05, 3.63) is 51.2 Å². The molecule has 4 nitrogen and oxygen atoms in total. The van der Waals surface area contributed by atoms with Gasteiger partial charge in [-0.15, -0.1) is 11.3 Å². The molecule has 2 N–H and O–H groups in total. The van der Waals surface area contributed by atoms with E-state index in [2.05, 4.69) is 24.5 Å². The fraction of sp³-hybridized carbons (Fsp3) is 0.368. The topological polar surface area (TPSA) is 58.2 Å². The van der Waals surface area contributed by atoms with Gasteiger partial charge in [-0.05, 0) is 62.1 Å². The third kappa shape index (κ3) is 4.03. The Morgan fingerprint density at radius 3 is 2.50 bits per heavy atom. The smallest absolute Gasteiger partial charge is 0.265 e. The molecule has 3 rings (SSSR count). The summed E-state index contributed by atoms with van der Waals surface area (Å²) in [6, 6.07) is 9.36. The van der Waals surface area contributed by atoms with Crippen LogP contribution in [0.4, 0.5) is 5.69 Å².